The van der Waals surface area contributed by atoms with Crippen LogP contribution >= 0.6 is 11.6 Å². The highest BCUT2D eigenvalue weighted by Crippen LogP contribution is 2.17. The summed E-state index contributed by atoms with van der Waals surface area (Å²) in [5.41, 5.74) is 0.645. The number of hydrogen-bond acceptors (Lipinski definition) is 3. The van der Waals surface area contributed by atoms with Crippen molar-refractivity contribution in [1.82, 2.24) is 0 Å². The molecule has 0 radical (unpaired) electrons. The van der Waals surface area contributed by atoms with Crippen molar-refractivity contribution >= 4 is 24.2 Å². The van der Waals surface area contributed by atoms with Crippen LogP contribution in [0.2, 0.25) is 5.02 Å². The molecule has 2 N–H and O–H groups in total. The molecule has 0 fully saturated rings. The van der Waals surface area contributed by atoms with E-state index >= 15 is 0 Å². The van der Waals surface area contributed by atoms with E-state index in [0.29, 0.717) is 21.8 Å². The maximum Gasteiger partial charge on any atom is 0.488 e. The average Bonchev–Trinajstić information content (AvgIpc) is 2.40. The minimum absolute atomic E-state index is 0.0113. The predicted octanol–water partition coefficient (Wildman–Crippen LogP) is 1.74. The van der Waals surface area contributed by atoms with E-state index in [1.165, 1.54) is 24.3 Å². The molecule has 0 heterocycles. The number of ether oxygens (including phenoxy) is 1. The predicted molar refractivity (Wildman–Crippen MR) is 72.0 cm³/mol. The Hall–Kier alpha value is -1.56. The van der Waals surface area contributed by atoms with Gasteiger partial charge in [0.2, 0.25) is 0 Å². The molecule has 0 amide bonds. The van der Waals surface area contributed by atoms with Crippen molar-refractivity contribution in [2.75, 3.05) is 0 Å². The Morgan fingerprint density at radius 2 is 1.95 bits per heavy atom. The Kier molecular flexibility index (Phi) is 4.42. The molecule has 0 unspecified atom stereocenters. The van der Waals surface area contributed by atoms with Gasteiger partial charge in [0.05, 0.1) is 0 Å². The van der Waals surface area contributed by atoms with Gasteiger partial charge in [0.1, 0.15) is 18.2 Å². The van der Waals surface area contributed by atoms with Gasteiger partial charge in [-0.15, -0.1) is 0 Å². The monoisotopic (exact) mass is 280 g/mol. The molecule has 0 aromatic heterocycles. The van der Waals surface area contributed by atoms with E-state index in [1.54, 1.807) is 18.2 Å². The second-order valence-corrected chi connectivity index (χ2v) is 4.41. The van der Waals surface area contributed by atoms with Crippen molar-refractivity contribution in [2.45, 2.75) is 6.61 Å². The Balaban J connectivity index is 2.10. The molecule has 0 saturated heterocycles. The fraction of sp³-hybridized carbons (Fsp3) is 0.0769. The summed E-state index contributed by atoms with van der Waals surface area (Å²) in [5.74, 6) is 0.0210. The summed E-state index contributed by atoms with van der Waals surface area (Å²) in [7, 11) is -1.56. The topological polar surface area (TPSA) is 49.7 Å². The minimum atomic E-state index is -1.56. The van der Waals surface area contributed by atoms with Crippen LogP contribution in [0.4, 0.5) is 4.39 Å². The molecule has 0 spiro atoms. The highest BCUT2D eigenvalue weighted by Gasteiger charge is 2.11. The molecule has 2 aromatic rings. The number of hydrogen-bond donors (Lipinski definition) is 2. The molecule has 2 rings (SSSR count). The van der Waals surface area contributed by atoms with Crippen molar-refractivity contribution in [3.63, 3.8) is 0 Å². The number of halogens is 2. The molecule has 6 heteroatoms. The van der Waals surface area contributed by atoms with Gasteiger partial charge < -0.3 is 14.8 Å². The maximum absolute atomic E-state index is 13.5. The van der Waals surface area contributed by atoms with Crippen LogP contribution in [0.3, 0.4) is 0 Å². The Morgan fingerprint density at radius 1 is 1.16 bits per heavy atom. The van der Waals surface area contributed by atoms with Gasteiger partial charge in [-0.1, -0.05) is 23.7 Å². The van der Waals surface area contributed by atoms with Crippen molar-refractivity contribution in [3.05, 3.63) is 58.9 Å². The van der Waals surface area contributed by atoms with Gasteiger partial charge in [-0.2, -0.15) is 0 Å². The van der Waals surface area contributed by atoms with Crippen LogP contribution in [-0.2, 0) is 6.61 Å². The molecule has 19 heavy (non-hydrogen) atoms. The minimum Gasteiger partial charge on any atom is -0.489 e. The molecule has 0 aliphatic heterocycles. The van der Waals surface area contributed by atoms with E-state index in [0.717, 1.165) is 0 Å². The van der Waals surface area contributed by atoms with E-state index < -0.39 is 12.9 Å². The van der Waals surface area contributed by atoms with E-state index in [1.807, 2.05) is 0 Å². The fourth-order valence-corrected chi connectivity index (χ4v) is 1.77. The average molecular weight is 280 g/mol. The smallest absolute Gasteiger partial charge is 0.488 e. The summed E-state index contributed by atoms with van der Waals surface area (Å²) in [4.78, 5) is 0. The highest BCUT2D eigenvalue weighted by molar-refractivity contribution is 6.58. The summed E-state index contributed by atoms with van der Waals surface area (Å²) in [6.45, 7) is 0.0113. The van der Waals surface area contributed by atoms with Crippen LogP contribution in [0.5, 0.6) is 5.75 Å². The Labute approximate surface area is 115 Å². The van der Waals surface area contributed by atoms with E-state index in [2.05, 4.69) is 0 Å². The largest absolute Gasteiger partial charge is 0.489 e. The molecule has 0 aliphatic carbocycles. The third kappa shape index (κ3) is 3.70. The summed E-state index contributed by atoms with van der Waals surface area (Å²) in [6.07, 6.45) is 0. The van der Waals surface area contributed by atoms with Crippen molar-refractivity contribution < 1.29 is 19.2 Å². The Bertz CT molecular complexity index is 578. The molecule has 0 atom stereocenters. The van der Waals surface area contributed by atoms with E-state index in [9.17, 15) is 4.39 Å². The zero-order chi connectivity index (χ0) is 13.8. The van der Waals surface area contributed by atoms with E-state index in [4.69, 9.17) is 26.4 Å². The Morgan fingerprint density at radius 3 is 2.68 bits per heavy atom. The lowest BCUT2D eigenvalue weighted by Gasteiger charge is -2.09. The zero-order valence-electron chi connectivity index (χ0n) is 9.88. The fourth-order valence-electron chi connectivity index (χ4n) is 1.58. The first-order valence-corrected chi connectivity index (χ1v) is 5.97. The molecule has 0 bridgehead atoms. The molecular weight excluding hydrogens is 269 g/mol. The SMILES string of the molecule is OB(O)c1cccc(OCc2cc(Cl)ccc2F)c1. The van der Waals surface area contributed by atoms with Crippen LogP contribution in [-0.4, -0.2) is 17.2 Å². The highest BCUT2D eigenvalue weighted by atomic mass is 35.5. The summed E-state index contributed by atoms with van der Waals surface area (Å²) < 4.78 is 18.9. The summed E-state index contributed by atoms with van der Waals surface area (Å²) in [5, 5.41) is 18.5. The number of rotatable bonds is 4. The van der Waals surface area contributed by atoms with Crippen molar-refractivity contribution in [1.29, 1.82) is 0 Å². The van der Waals surface area contributed by atoms with Gasteiger partial charge in [-0.25, -0.2) is 4.39 Å². The van der Waals surface area contributed by atoms with Crippen LogP contribution < -0.4 is 10.2 Å². The summed E-state index contributed by atoms with van der Waals surface area (Å²) >= 11 is 5.78. The standard InChI is InChI=1S/C13H11BClFO3/c15-11-4-5-13(16)9(6-11)8-19-12-3-1-2-10(7-12)14(17)18/h1-7,17-18H,8H2. The van der Waals surface area contributed by atoms with Crippen LogP contribution in [0.25, 0.3) is 0 Å². The zero-order valence-corrected chi connectivity index (χ0v) is 10.6. The van der Waals surface area contributed by atoms with Gasteiger partial charge in [-0.05, 0) is 35.8 Å². The lowest BCUT2D eigenvalue weighted by molar-refractivity contribution is 0.300. The molecule has 0 saturated carbocycles. The first-order valence-electron chi connectivity index (χ1n) is 5.59. The maximum atomic E-state index is 13.5. The van der Waals surface area contributed by atoms with Gasteiger partial charge in [0.15, 0.2) is 0 Å². The van der Waals surface area contributed by atoms with Crippen LogP contribution in [0.1, 0.15) is 5.56 Å². The quantitative estimate of drug-likeness (QED) is 0.839. The number of benzene rings is 2. The molecule has 2 aromatic carbocycles. The first-order chi connectivity index (χ1) is 9.06. The van der Waals surface area contributed by atoms with Crippen LogP contribution in [0.15, 0.2) is 42.5 Å². The molecule has 0 aliphatic rings. The molecule has 98 valence electrons. The van der Waals surface area contributed by atoms with Gasteiger partial charge in [0, 0.05) is 10.6 Å². The summed E-state index contributed by atoms with van der Waals surface area (Å²) in [6, 6.07) is 10.5. The molecule has 3 nitrogen and oxygen atoms in total. The van der Waals surface area contributed by atoms with Gasteiger partial charge in [0.25, 0.3) is 0 Å². The van der Waals surface area contributed by atoms with Crippen LogP contribution in [0, 0.1) is 5.82 Å². The lowest BCUT2D eigenvalue weighted by atomic mass is 9.80. The first kappa shape index (κ1) is 13.9. The van der Waals surface area contributed by atoms with Gasteiger partial charge >= 0.3 is 7.12 Å². The third-order valence-electron chi connectivity index (χ3n) is 2.56. The lowest BCUT2D eigenvalue weighted by Crippen LogP contribution is -2.29. The second-order valence-electron chi connectivity index (χ2n) is 3.97. The van der Waals surface area contributed by atoms with Gasteiger partial charge in [-0.3, -0.25) is 0 Å². The van der Waals surface area contributed by atoms with E-state index in [-0.39, 0.29) is 6.61 Å². The normalized spacial score (nSPS) is 10.3. The second kappa shape index (κ2) is 6.06. The van der Waals surface area contributed by atoms with Crippen molar-refractivity contribution in [3.8, 4) is 5.75 Å². The third-order valence-corrected chi connectivity index (χ3v) is 2.79. The van der Waals surface area contributed by atoms with Crippen molar-refractivity contribution in [2.24, 2.45) is 0 Å². The molecular formula is C13H11BClFO3.